The van der Waals surface area contributed by atoms with E-state index in [1.165, 1.54) is 24.9 Å². The van der Waals surface area contributed by atoms with Gasteiger partial charge >= 0.3 is 0 Å². The smallest absolute Gasteiger partial charge is 0.219 e. The lowest BCUT2D eigenvalue weighted by atomic mass is 10.1. The van der Waals surface area contributed by atoms with Gasteiger partial charge in [-0.3, -0.25) is 4.79 Å². The minimum Gasteiger partial charge on any atom is -0.333 e. The van der Waals surface area contributed by atoms with Crippen molar-refractivity contribution in [1.82, 2.24) is 24.9 Å². The molecule has 1 amide bonds. The molecular formula is C20H27N6O+. The van der Waals surface area contributed by atoms with Gasteiger partial charge in [0, 0.05) is 37.3 Å². The number of amides is 1. The number of quaternary nitrogens is 1. The number of tetrazole rings is 1. The van der Waals surface area contributed by atoms with Crippen LogP contribution in [-0.2, 0) is 11.3 Å². The summed E-state index contributed by atoms with van der Waals surface area (Å²) in [6, 6.07) is 8.91. The van der Waals surface area contributed by atoms with Gasteiger partial charge < -0.3 is 9.80 Å². The maximum absolute atomic E-state index is 12.4. The van der Waals surface area contributed by atoms with Crippen LogP contribution in [0.25, 0.3) is 16.6 Å². The summed E-state index contributed by atoms with van der Waals surface area (Å²) in [6.07, 6.45) is 2.43. The van der Waals surface area contributed by atoms with Gasteiger partial charge in [-0.2, -0.15) is 4.52 Å². The van der Waals surface area contributed by atoms with Crippen LogP contribution in [0.3, 0.4) is 0 Å². The summed E-state index contributed by atoms with van der Waals surface area (Å²) in [5.74, 6) is 0.104. The number of nitrogens with zero attached hydrogens (tertiary/aromatic N) is 5. The van der Waals surface area contributed by atoms with Gasteiger partial charge in [0.25, 0.3) is 0 Å². The largest absolute Gasteiger partial charge is 0.333 e. The molecule has 3 heterocycles. The van der Waals surface area contributed by atoms with Crippen molar-refractivity contribution in [3.05, 3.63) is 35.4 Å². The third kappa shape index (κ3) is 3.39. The molecule has 27 heavy (non-hydrogen) atoms. The molecule has 0 spiro atoms. The van der Waals surface area contributed by atoms with E-state index in [-0.39, 0.29) is 5.91 Å². The molecule has 1 unspecified atom stereocenters. The fraction of sp³-hybridized carbons (Fsp3) is 0.500. The average Bonchev–Trinajstić information content (AvgIpc) is 3.30. The summed E-state index contributed by atoms with van der Waals surface area (Å²) in [6.45, 7) is 9.59. The van der Waals surface area contributed by atoms with Crippen LogP contribution < -0.4 is 4.90 Å². The van der Waals surface area contributed by atoms with E-state index in [0.717, 1.165) is 35.2 Å². The fourth-order valence-electron chi connectivity index (χ4n) is 4.32. The number of carbonyl (C=O) groups is 1. The minimum atomic E-state index is 0.104. The summed E-state index contributed by atoms with van der Waals surface area (Å²) in [4.78, 5) is 15.9. The van der Waals surface area contributed by atoms with Crippen molar-refractivity contribution < 1.29 is 9.69 Å². The van der Waals surface area contributed by atoms with Crippen molar-refractivity contribution in [3.8, 4) is 0 Å². The zero-order valence-corrected chi connectivity index (χ0v) is 16.3. The summed E-state index contributed by atoms with van der Waals surface area (Å²) in [7, 11) is 0. The minimum absolute atomic E-state index is 0.104. The molecule has 1 aliphatic heterocycles. The van der Waals surface area contributed by atoms with E-state index in [1.807, 2.05) is 4.90 Å². The Bertz CT molecular complexity index is 981. The lowest BCUT2D eigenvalue weighted by Gasteiger charge is -2.27. The number of nitrogens with one attached hydrogen (secondary N) is 1. The van der Waals surface area contributed by atoms with E-state index in [0.29, 0.717) is 12.6 Å². The maximum atomic E-state index is 12.4. The molecular weight excluding hydrogens is 340 g/mol. The Morgan fingerprint density at radius 2 is 2.22 bits per heavy atom. The molecule has 2 atom stereocenters. The normalized spacial score (nSPS) is 19.8. The number of benzene rings is 1. The molecule has 3 aromatic rings. The topological polar surface area (TPSA) is 67.8 Å². The van der Waals surface area contributed by atoms with Crippen molar-refractivity contribution in [2.75, 3.05) is 19.6 Å². The molecule has 7 nitrogen and oxygen atoms in total. The van der Waals surface area contributed by atoms with Gasteiger partial charge in [-0.05, 0) is 42.0 Å². The highest BCUT2D eigenvalue weighted by Crippen LogP contribution is 2.22. The van der Waals surface area contributed by atoms with Crippen LogP contribution in [0.5, 0.6) is 0 Å². The number of hydrogen-bond donors (Lipinski definition) is 1. The van der Waals surface area contributed by atoms with Crippen molar-refractivity contribution in [2.24, 2.45) is 0 Å². The summed E-state index contributed by atoms with van der Waals surface area (Å²) < 4.78 is 1.79. The average molecular weight is 367 g/mol. The number of hydrogen-bond acceptors (Lipinski definition) is 4. The molecule has 1 saturated heterocycles. The van der Waals surface area contributed by atoms with Gasteiger partial charge in [0.15, 0.2) is 5.65 Å². The molecule has 7 heteroatoms. The van der Waals surface area contributed by atoms with Gasteiger partial charge in [-0.1, -0.05) is 12.1 Å². The maximum Gasteiger partial charge on any atom is 0.219 e. The monoisotopic (exact) mass is 367 g/mol. The second kappa shape index (κ2) is 7.23. The Morgan fingerprint density at radius 1 is 1.37 bits per heavy atom. The van der Waals surface area contributed by atoms with Gasteiger partial charge in [0.2, 0.25) is 5.91 Å². The first-order valence-corrected chi connectivity index (χ1v) is 9.77. The van der Waals surface area contributed by atoms with Gasteiger partial charge in [0.1, 0.15) is 6.04 Å². The molecule has 0 bridgehead atoms. The first kappa shape index (κ1) is 17.9. The van der Waals surface area contributed by atoms with Crippen molar-refractivity contribution in [3.63, 3.8) is 0 Å². The van der Waals surface area contributed by atoms with Crippen LogP contribution in [0.15, 0.2) is 24.3 Å². The highest BCUT2D eigenvalue weighted by molar-refractivity contribution is 5.84. The quantitative estimate of drug-likeness (QED) is 0.731. The number of likely N-dealkylation sites (tertiary alicyclic amines) is 1. The number of likely N-dealkylation sites (N-methyl/N-ethyl adjacent to an activating group) is 1. The van der Waals surface area contributed by atoms with Gasteiger partial charge in [-0.25, -0.2) is 0 Å². The molecule has 1 aromatic carbocycles. The molecule has 1 N–H and O–H groups in total. The van der Waals surface area contributed by atoms with Crippen LogP contribution in [-0.4, -0.2) is 56.5 Å². The van der Waals surface area contributed by atoms with Gasteiger partial charge in [-0.15, -0.1) is 5.10 Å². The Labute approximate surface area is 158 Å². The zero-order valence-electron chi connectivity index (χ0n) is 16.3. The highest BCUT2D eigenvalue weighted by atomic mass is 16.2. The number of fused-ring (bicyclic) bond motifs is 3. The summed E-state index contributed by atoms with van der Waals surface area (Å²) >= 11 is 0. The first-order valence-electron chi connectivity index (χ1n) is 9.77. The second-order valence-corrected chi connectivity index (χ2v) is 7.65. The van der Waals surface area contributed by atoms with E-state index in [4.69, 9.17) is 0 Å². The predicted molar refractivity (Wildman–Crippen MR) is 104 cm³/mol. The van der Waals surface area contributed by atoms with Crippen LogP contribution >= 0.6 is 0 Å². The predicted octanol–water partition coefficient (Wildman–Crippen LogP) is 1.00. The SMILES string of the molecule is CC[NH+]1CCC[C@@H]1CN(Cc1cc2ccc(C)cc2n2nnnc12)C(C)=O. The van der Waals surface area contributed by atoms with Crippen LogP contribution in [0.2, 0.25) is 0 Å². The van der Waals surface area contributed by atoms with Crippen molar-refractivity contribution in [1.29, 1.82) is 0 Å². The van der Waals surface area contributed by atoms with E-state index >= 15 is 0 Å². The Kier molecular flexibility index (Phi) is 4.78. The third-order valence-corrected chi connectivity index (χ3v) is 5.83. The number of aromatic nitrogens is 4. The van der Waals surface area contributed by atoms with E-state index < -0.39 is 0 Å². The fourth-order valence-corrected chi connectivity index (χ4v) is 4.32. The first-order chi connectivity index (χ1) is 13.1. The van der Waals surface area contributed by atoms with Crippen LogP contribution in [0.4, 0.5) is 0 Å². The molecule has 0 saturated carbocycles. The number of aryl methyl sites for hydroxylation is 1. The lowest BCUT2D eigenvalue weighted by molar-refractivity contribution is -0.909. The van der Waals surface area contributed by atoms with Crippen molar-refractivity contribution in [2.45, 2.75) is 46.2 Å². The molecule has 0 aliphatic carbocycles. The van der Waals surface area contributed by atoms with E-state index in [1.54, 1.807) is 16.3 Å². The standard InChI is InChI=1S/C20H26N6O/c1-4-24-9-5-6-18(24)13-25(15(3)27)12-17-11-16-8-7-14(2)10-19(16)26-20(17)21-22-23-26/h7-8,10-11,18H,4-6,9,12-13H2,1-3H3/p+1/t18-/m1/s1. The van der Waals surface area contributed by atoms with Crippen LogP contribution in [0, 0.1) is 6.92 Å². The van der Waals surface area contributed by atoms with Crippen molar-refractivity contribution >= 4 is 22.5 Å². The Morgan fingerprint density at radius 3 is 3.00 bits per heavy atom. The molecule has 1 fully saturated rings. The summed E-state index contributed by atoms with van der Waals surface area (Å²) in [5.41, 5.74) is 3.87. The lowest BCUT2D eigenvalue weighted by Crippen LogP contribution is -3.14. The molecule has 142 valence electrons. The number of pyridine rings is 1. The Hall–Kier alpha value is -2.54. The third-order valence-electron chi connectivity index (χ3n) is 5.83. The van der Waals surface area contributed by atoms with Crippen LogP contribution in [0.1, 0.15) is 37.8 Å². The molecule has 0 radical (unpaired) electrons. The second-order valence-electron chi connectivity index (χ2n) is 7.65. The number of rotatable bonds is 5. The highest BCUT2D eigenvalue weighted by Gasteiger charge is 2.30. The van der Waals surface area contributed by atoms with Gasteiger partial charge in [0.05, 0.1) is 25.2 Å². The summed E-state index contributed by atoms with van der Waals surface area (Å²) in [5, 5.41) is 13.4. The van der Waals surface area contributed by atoms with E-state index in [2.05, 4.69) is 53.6 Å². The molecule has 1 aliphatic rings. The zero-order chi connectivity index (χ0) is 19.0. The number of carbonyl (C=O) groups excluding carboxylic acids is 1. The Balaban J connectivity index is 1.68. The molecule has 4 rings (SSSR count). The molecule has 2 aromatic heterocycles. The van der Waals surface area contributed by atoms with E-state index in [9.17, 15) is 4.79 Å².